The molecular formula is C20H28N3O4+. The standard InChI is InChI=1S/C20H27N3O4/c1-14-6-4-5-7-17(14)23-19(25)18(24)22(20(23)26)13-21(2)12-15-8-10-16(27-3)11-9-15/h8-11,14,17H,4-7,12-13H2,1-3H3/p+1/t14-,17-/m1/s1. The number of hydrogen-bond acceptors (Lipinski definition) is 4. The van der Waals surface area contributed by atoms with Crippen molar-refractivity contribution in [3.05, 3.63) is 29.8 Å². The van der Waals surface area contributed by atoms with Crippen molar-refractivity contribution in [2.75, 3.05) is 20.8 Å². The molecule has 0 radical (unpaired) electrons. The molecule has 1 aliphatic carbocycles. The lowest BCUT2D eigenvalue weighted by atomic mass is 9.85. The van der Waals surface area contributed by atoms with E-state index in [1.54, 1.807) is 7.11 Å². The average molecular weight is 374 g/mol. The predicted octanol–water partition coefficient (Wildman–Crippen LogP) is 1.04. The topological polar surface area (TPSA) is 71.4 Å². The number of imide groups is 2. The van der Waals surface area contributed by atoms with E-state index in [0.29, 0.717) is 6.54 Å². The maximum absolute atomic E-state index is 12.8. The summed E-state index contributed by atoms with van der Waals surface area (Å²) in [5, 5.41) is 0. The summed E-state index contributed by atoms with van der Waals surface area (Å²) >= 11 is 0. The molecule has 1 aromatic rings. The summed E-state index contributed by atoms with van der Waals surface area (Å²) in [6, 6.07) is 7.05. The molecule has 2 aliphatic rings. The van der Waals surface area contributed by atoms with Gasteiger partial charge in [0.05, 0.1) is 14.2 Å². The van der Waals surface area contributed by atoms with Crippen molar-refractivity contribution < 1.29 is 24.0 Å². The predicted molar refractivity (Wildman–Crippen MR) is 99.0 cm³/mol. The quantitative estimate of drug-likeness (QED) is 0.597. The van der Waals surface area contributed by atoms with E-state index in [0.717, 1.165) is 46.8 Å². The minimum Gasteiger partial charge on any atom is -0.497 e. The molecule has 27 heavy (non-hydrogen) atoms. The number of methoxy groups -OCH3 is 1. The largest absolute Gasteiger partial charge is 0.497 e. The Morgan fingerprint density at radius 1 is 1.07 bits per heavy atom. The number of ether oxygens (including phenoxy) is 1. The second-order valence-electron chi connectivity index (χ2n) is 7.66. The fraction of sp³-hybridized carbons (Fsp3) is 0.550. The van der Waals surface area contributed by atoms with Crippen LogP contribution >= 0.6 is 0 Å². The van der Waals surface area contributed by atoms with Gasteiger partial charge in [-0.05, 0) is 43.0 Å². The number of amides is 4. The van der Waals surface area contributed by atoms with E-state index in [-0.39, 0.29) is 18.6 Å². The number of urea groups is 1. The molecule has 146 valence electrons. The molecule has 1 aromatic carbocycles. The second kappa shape index (κ2) is 8.08. The lowest BCUT2D eigenvalue weighted by molar-refractivity contribution is -0.901. The second-order valence-corrected chi connectivity index (χ2v) is 7.66. The molecule has 1 saturated heterocycles. The van der Waals surface area contributed by atoms with E-state index in [2.05, 4.69) is 6.92 Å². The molecule has 4 amide bonds. The molecule has 0 spiro atoms. The molecular weight excluding hydrogens is 346 g/mol. The molecule has 1 unspecified atom stereocenters. The van der Waals surface area contributed by atoms with Gasteiger partial charge in [0.1, 0.15) is 12.3 Å². The summed E-state index contributed by atoms with van der Waals surface area (Å²) in [4.78, 5) is 41.0. The lowest BCUT2D eigenvalue weighted by Crippen LogP contribution is -3.09. The minimum atomic E-state index is -0.702. The normalized spacial score (nSPS) is 24.5. The van der Waals surface area contributed by atoms with Crippen molar-refractivity contribution in [3.8, 4) is 5.75 Å². The van der Waals surface area contributed by atoms with Gasteiger partial charge >= 0.3 is 17.8 Å². The third kappa shape index (κ3) is 3.98. The Hall–Kier alpha value is -2.41. The van der Waals surface area contributed by atoms with Gasteiger partial charge in [-0.2, -0.15) is 0 Å². The molecule has 3 atom stereocenters. The Bertz CT molecular complexity index is 718. The molecule has 7 nitrogen and oxygen atoms in total. The fourth-order valence-corrected chi connectivity index (χ4v) is 4.05. The molecule has 2 fully saturated rings. The summed E-state index contributed by atoms with van der Waals surface area (Å²) < 4.78 is 5.15. The fourth-order valence-electron chi connectivity index (χ4n) is 4.05. The van der Waals surface area contributed by atoms with Gasteiger partial charge < -0.3 is 9.64 Å². The molecule has 3 rings (SSSR count). The Morgan fingerprint density at radius 2 is 1.74 bits per heavy atom. The highest BCUT2D eigenvalue weighted by atomic mass is 16.5. The van der Waals surface area contributed by atoms with Crippen LogP contribution in [0.1, 0.15) is 38.2 Å². The van der Waals surface area contributed by atoms with Gasteiger partial charge in [0, 0.05) is 11.6 Å². The van der Waals surface area contributed by atoms with Gasteiger partial charge in [-0.1, -0.05) is 19.8 Å². The SMILES string of the molecule is COc1ccc(C[NH+](C)CN2C(=O)C(=O)N([C@@H]3CCCC[C@H]3C)C2=O)cc1. The van der Waals surface area contributed by atoms with Gasteiger partial charge in [0.25, 0.3) is 0 Å². The first-order chi connectivity index (χ1) is 12.9. The molecule has 0 bridgehead atoms. The summed E-state index contributed by atoms with van der Waals surface area (Å²) in [6.45, 7) is 2.86. The Labute approximate surface area is 159 Å². The minimum absolute atomic E-state index is 0.158. The summed E-state index contributed by atoms with van der Waals surface area (Å²) in [6.07, 6.45) is 3.87. The van der Waals surface area contributed by atoms with Gasteiger partial charge in [0.2, 0.25) is 0 Å². The maximum Gasteiger partial charge on any atom is 0.338 e. The van der Waals surface area contributed by atoms with Crippen LogP contribution < -0.4 is 9.64 Å². The van der Waals surface area contributed by atoms with Crippen LogP contribution in [0.25, 0.3) is 0 Å². The Morgan fingerprint density at radius 3 is 2.37 bits per heavy atom. The first kappa shape index (κ1) is 19.4. The maximum atomic E-state index is 12.8. The monoisotopic (exact) mass is 374 g/mol. The van der Waals surface area contributed by atoms with E-state index in [1.807, 2.05) is 31.3 Å². The molecule has 1 saturated carbocycles. The third-order valence-corrected chi connectivity index (χ3v) is 5.57. The smallest absolute Gasteiger partial charge is 0.338 e. The Balaban J connectivity index is 1.66. The Kier molecular flexibility index (Phi) is 5.79. The highest BCUT2D eigenvalue weighted by Crippen LogP contribution is 2.30. The number of quaternary nitrogens is 1. The first-order valence-corrected chi connectivity index (χ1v) is 9.55. The van der Waals surface area contributed by atoms with Gasteiger partial charge in [-0.3, -0.25) is 14.5 Å². The zero-order valence-electron chi connectivity index (χ0n) is 16.2. The molecule has 0 aromatic heterocycles. The van der Waals surface area contributed by atoms with Gasteiger partial charge in [-0.15, -0.1) is 0 Å². The number of nitrogens with one attached hydrogen (secondary N) is 1. The van der Waals surface area contributed by atoms with Crippen molar-refractivity contribution >= 4 is 17.8 Å². The van der Waals surface area contributed by atoms with E-state index >= 15 is 0 Å². The number of hydrogen-bond donors (Lipinski definition) is 1. The number of carbonyl (C=O) groups excluding carboxylic acids is 3. The van der Waals surface area contributed by atoms with E-state index < -0.39 is 17.8 Å². The lowest BCUT2D eigenvalue weighted by Gasteiger charge is -2.34. The van der Waals surface area contributed by atoms with Crippen LogP contribution in [0.15, 0.2) is 24.3 Å². The number of carbonyl (C=O) groups is 3. The van der Waals surface area contributed by atoms with Crippen molar-refractivity contribution in [1.29, 1.82) is 0 Å². The zero-order valence-corrected chi connectivity index (χ0v) is 16.2. The van der Waals surface area contributed by atoms with E-state index in [4.69, 9.17) is 4.74 Å². The van der Waals surface area contributed by atoms with E-state index in [1.165, 1.54) is 4.90 Å². The van der Waals surface area contributed by atoms with E-state index in [9.17, 15) is 14.4 Å². The molecule has 1 heterocycles. The van der Waals surface area contributed by atoms with Crippen LogP contribution in [0.4, 0.5) is 4.79 Å². The van der Waals surface area contributed by atoms with Crippen LogP contribution in [0.5, 0.6) is 5.75 Å². The molecule has 1 aliphatic heterocycles. The number of nitrogens with zero attached hydrogens (tertiary/aromatic N) is 2. The molecule has 7 heteroatoms. The van der Waals surface area contributed by atoms with Crippen molar-refractivity contribution in [2.24, 2.45) is 5.92 Å². The van der Waals surface area contributed by atoms with Crippen molar-refractivity contribution in [2.45, 2.75) is 45.2 Å². The number of rotatable bonds is 6. The summed E-state index contributed by atoms with van der Waals surface area (Å²) in [7, 11) is 3.52. The van der Waals surface area contributed by atoms with Crippen molar-refractivity contribution in [1.82, 2.24) is 9.80 Å². The summed E-state index contributed by atoms with van der Waals surface area (Å²) in [5.41, 5.74) is 1.07. The van der Waals surface area contributed by atoms with Crippen LogP contribution in [0.2, 0.25) is 0 Å². The highest BCUT2D eigenvalue weighted by molar-refractivity contribution is 6.44. The highest BCUT2D eigenvalue weighted by Gasteiger charge is 2.50. The third-order valence-electron chi connectivity index (χ3n) is 5.57. The summed E-state index contributed by atoms with van der Waals surface area (Å²) in [5.74, 6) is -0.351. The van der Waals surface area contributed by atoms with Gasteiger partial charge in [0.15, 0.2) is 6.67 Å². The van der Waals surface area contributed by atoms with Gasteiger partial charge in [-0.25, -0.2) is 9.69 Å². The van der Waals surface area contributed by atoms with Crippen molar-refractivity contribution in [3.63, 3.8) is 0 Å². The zero-order chi connectivity index (χ0) is 19.6. The first-order valence-electron chi connectivity index (χ1n) is 9.55. The van der Waals surface area contributed by atoms with Crippen LogP contribution in [0, 0.1) is 5.92 Å². The van der Waals surface area contributed by atoms with Crippen LogP contribution in [-0.2, 0) is 16.1 Å². The molecule has 1 N–H and O–H groups in total. The average Bonchev–Trinajstić information content (AvgIpc) is 2.86. The number of benzene rings is 1. The van der Waals surface area contributed by atoms with Crippen LogP contribution in [-0.4, -0.2) is 54.5 Å². The van der Waals surface area contributed by atoms with Crippen LogP contribution in [0.3, 0.4) is 0 Å².